The summed E-state index contributed by atoms with van der Waals surface area (Å²) in [4.78, 5) is 0. The molecule has 0 aromatic heterocycles. The summed E-state index contributed by atoms with van der Waals surface area (Å²) in [5.41, 5.74) is 0. The summed E-state index contributed by atoms with van der Waals surface area (Å²) in [6.07, 6.45) is 4.29. The van der Waals surface area contributed by atoms with Crippen LogP contribution in [0.1, 0.15) is 33.1 Å². The van der Waals surface area contributed by atoms with Gasteiger partial charge in [-0.05, 0) is 18.3 Å². The predicted octanol–water partition coefficient (Wildman–Crippen LogP) is 2.52. The highest BCUT2D eigenvalue weighted by Crippen LogP contribution is 2.31. The molecular weight excluding hydrogens is 178 g/mol. The maximum absolute atomic E-state index is 3.81. The lowest BCUT2D eigenvalue weighted by Crippen LogP contribution is -2.50. The first-order chi connectivity index (χ1) is 6.27. The summed E-state index contributed by atoms with van der Waals surface area (Å²) >= 11 is 2.07. The fraction of sp³-hybridized carbons (Fsp3) is 1.00. The van der Waals surface area contributed by atoms with E-state index in [9.17, 15) is 0 Å². The van der Waals surface area contributed by atoms with Crippen molar-refractivity contribution in [3.05, 3.63) is 0 Å². The van der Waals surface area contributed by atoms with Gasteiger partial charge in [-0.2, -0.15) is 11.8 Å². The van der Waals surface area contributed by atoms with Crippen molar-refractivity contribution in [3.63, 3.8) is 0 Å². The lowest BCUT2D eigenvalue weighted by atomic mass is 9.78. The summed E-state index contributed by atoms with van der Waals surface area (Å²) in [5, 5.41) is 3.81. The second-order valence-electron chi connectivity index (χ2n) is 4.77. The van der Waals surface area contributed by atoms with E-state index in [1.54, 1.807) is 0 Å². The Labute approximate surface area is 86.0 Å². The highest BCUT2D eigenvalue weighted by Gasteiger charge is 2.30. The van der Waals surface area contributed by atoms with Gasteiger partial charge in [0.05, 0.1) is 0 Å². The van der Waals surface area contributed by atoms with Crippen LogP contribution >= 0.6 is 11.8 Å². The zero-order chi connectivity index (χ0) is 9.26. The van der Waals surface area contributed by atoms with Crippen molar-refractivity contribution < 1.29 is 0 Å². The van der Waals surface area contributed by atoms with Crippen LogP contribution < -0.4 is 5.32 Å². The average Bonchev–Trinajstić information content (AvgIpc) is 2.04. The predicted molar refractivity (Wildman–Crippen MR) is 60.2 cm³/mol. The Morgan fingerprint density at radius 2 is 1.92 bits per heavy atom. The van der Waals surface area contributed by atoms with Gasteiger partial charge in [0.1, 0.15) is 0 Å². The highest BCUT2D eigenvalue weighted by molar-refractivity contribution is 8.00. The molecule has 2 rings (SSSR count). The van der Waals surface area contributed by atoms with E-state index in [0.29, 0.717) is 0 Å². The summed E-state index contributed by atoms with van der Waals surface area (Å²) < 4.78 is 0. The van der Waals surface area contributed by atoms with Gasteiger partial charge in [0.25, 0.3) is 0 Å². The van der Waals surface area contributed by atoms with Crippen molar-refractivity contribution in [1.82, 2.24) is 5.32 Å². The third-order valence-electron chi connectivity index (χ3n) is 3.79. The van der Waals surface area contributed by atoms with Crippen LogP contribution in [0.5, 0.6) is 0 Å². The van der Waals surface area contributed by atoms with Crippen LogP contribution in [-0.4, -0.2) is 23.6 Å². The maximum atomic E-state index is 3.81. The quantitative estimate of drug-likeness (QED) is 0.733. The molecule has 2 heteroatoms. The lowest BCUT2D eigenvalue weighted by Gasteiger charge is -2.39. The molecule has 76 valence electrons. The molecular formula is C11H21NS. The summed E-state index contributed by atoms with van der Waals surface area (Å²) in [6, 6.07) is 1.65. The third kappa shape index (κ3) is 2.21. The molecule has 1 N–H and O–H groups in total. The van der Waals surface area contributed by atoms with Gasteiger partial charge in [-0.25, -0.2) is 0 Å². The van der Waals surface area contributed by atoms with Gasteiger partial charge >= 0.3 is 0 Å². The molecule has 1 aliphatic heterocycles. The van der Waals surface area contributed by atoms with Crippen LogP contribution in [0.3, 0.4) is 0 Å². The van der Waals surface area contributed by atoms with Crippen LogP contribution in [0.15, 0.2) is 0 Å². The minimum atomic E-state index is 0.814. The molecule has 0 amide bonds. The second-order valence-corrected chi connectivity index (χ2v) is 5.85. The number of rotatable bonds is 2. The van der Waals surface area contributed by atoms with Gasteiger partial charge in [0.2, 0.25) is 0 Å². The average molecular weight is 199 g/mol. The number of nitrogens with one attached hydrogen (secondary N) is 1. The molecule has 0 radical (unpaired) electrons. The lowest BCUT2D eigenvalue weighted by molar-refractivity contribution is 0.198. The van der Waals surface area contributed by atoms with E-state index in [0.717, 1.165) is 23.9 Å². The van der Waals surface area contributed by atoms with Crippen LogP contribution in [0.4, 0.5) is 0 Å². The Hall–Kier alpha value is 0.310. The van der Waals surface area contributed by atoms with Crippen molar-refractivity contribution in [2.45, 2.75) is 45.2 Å². The molecule has 2 aliphatic rings. The maximum Gasteiger partial charge on any atom is 0.0251 e. The first-order valence-electron chi connectivity index (χ1n) is 5.61. The normalized spacial score (nSPS) is 41.5. The Morgan fingerprint density at radius 1 is 1.15 bits per heavy atom. The molecule has 0 aromatic rings. The fourth-order valence-electron chi connectivity index (χ4n) is 2.45. The van der Waals surface area contributed by atoms with Crippen molar-refractivity contribution in [3.8, 4) is 0 Å². The Balaban J connectivity index is 1.82. The van der Waals surface area contributed by atoms with Crippen molar-refractivity contribution >= 4 is 11.8 Å². The number of thioether (sulfide) groups is 1. The SMILES string of the molecule is CC1CCCC(NC2CSC2)C1C. The number of hydrogen-bond acceptors (Lipinski definition) is 2. The number of hydrogen-bond donors (Lipinski definition) is 1. The van der Waals surface area contributed by atoms with E-state index in [4.69, 9.17) is 0 Å². The van der Waals surface area contributed by atoms with Gasteiger partial charge in [0.15, 0.2) is 0 Å². The van der Waals surface area contributed by atoms with Crippen LogP contribution in [0.25, 0.3) is 0 Å². The van der Waals surface area contributed by atoms with Crippen LogP contribution in [0, 0.1) is 11.8 Å². The van der Waals surface area contributed by atoms with E-state index in [1.165, 1.54) is 30.8 Å². The Bertz CT molecular complexity index is 167. The molecule has 1 saturated heterocycles. The molecule has 1 saturated carbocycles. The van der Waals surface area contributed by atoms with Gasteiger partial charge < -0.3 is 5.32 Å². The molecule has 3 atom stereocenters. The topological polar surface area (TPSA) is 12.0 Å². The largest absolute Gasteiger partial charge is 0.309 e. The zero-order valence-electron chi connectivity index (χ0n) is 8.75. The minimum absolute atomic E-state index is 0.814. The fourth-order valence-corrected chi connectivity index (χ4v) is 3.12. The summed E-state index contributed by atoms with van der Waals surface area (Å²) in [6.45, 7) is 4.83. The monoisotopic (exact) mass is 199 g/mol. The first-order valence-corrected chi connectivity index (χ1v) is 6.76. The Kier molecular flexibility index (Phi) is 3.20. The van der Waals surface area contributed by atoms with E-state index >= 15 is 0 Å². The van der Waals surface area contributed by atoms with Gasteiger partial charge in [-0.1, -0.05) is 26.7 Å². The van der Waals surface area contributed by atoms with Crippen molar-refractivity contribution in [2.75, 3.05) is 11.5 Å². The molecule has 0 bridgehead atoms. The summed E-state index contributed by atoms with van der Waals surface area (Å²) in [7, 11) is 0. The molecule has 1 nitrogen and oxygen atoms in total. The highest BCUT2D eigenvalue weighted by atomic mass is 32.2. The molecule has 3 unspecified atom stereocenters. The molecule has 1 aliphatic carbocycles. The molecule has 13 heavy (non-hydrogen) atoms. The zero-order valence-corrected chi connectivity index (χ0v) is 9.57. The summed E-state index contributed by atoms with van der Waals surface area (Å²) in [5.74, 6) is 4.51. The molecule has 2 fully saturated rings. The smallest absolute Gasteiger partial charge is 0.0251 e. The van der Waals surface area contributed by atoms with Gasteiger partial charge in [-0.15, -0.1) is 0 Å². The molecule has 0 spiro atoms. The van der Waals surface area contributed by atoms with Crippen molar-refractivity contribution in [1.29, 1.82) is 0 Å². The van der Waals surface area contributed by atoms with E-state index in [-0.39, 0.29) is 0 Å². The van der Waals surface area contributed by atoms with Gasteiger partial charge in [-0.3, -0.25) is 0 Å². The van der Waals surface area contributed by atoms with E-state index < -0.39 is 0 Å². The second kappa shape index (κ2) is 4.22. The van der Waals surface area contributed by atoms with E-state index in [1.807, 2.05) is 0 Å². The van der Waals surface area contributed by atoms with Crippen LogP contribution in [0.2, 0.25) is 0 Å². The Morgan fingerprint density at radius 3 is 2.54 bits per heavy atom. The standard InChI is InChI=1S/C11H21NS/c1-8-4-3-5-11(9(8)2)12-10-6-13-7-10/h8-12H,3-7H2,1-2H3. The minimum Gasteiger partial charge on any atom is -0.309 e. The third-order valence-corrected chi connectivity index (χ3v) is 5.07. The molecule has 0 aromatic carbocycles. The van der Waals surface area contributed by atoms with Gasteiger partial charge in [0, 0.05) is 23.6 Å². The van der Waals surface area contributed by atoms with Crippen LogP contribution in [-0.2, 0) is 0 Å². The van der Waals surface area contributed by atoms with E-state index in [2.05, 4.69) is 30.9 Å². The molecule has 1 heterocycles. The first kappa shape index (κ1) is 9.85. The van der Waals surface area contributed by atoms with Crippen molar-refractivity contribution in [2.24, 2.45) is 11.8 Å².